The highest BCUT2D eigenvalue weighted by Gasteiger charge is 2.03. The molecular weight excluding hydrogens is 233 g/mol. The number of nitrogens with one attached hydrogen (secondary N) is 1. The lowest BCUT2D eigenvalue weighted by Crippen LogP contribution is -2.12. The summed E-state index contributed by atoms with van der Waals surface area (Å²) in [4.78, 5) is 0. The van der Waals surface area contributed by atoms with E-state index >= 15 is 0 Å². The van der Waals surface area contributed by atoms with Crippen LogP contribution in [0.4, 0.5) is 10.1 Å². The molecule has 1 N–H and O–H groups in total. The Bertz CT molecular complexity index is 312. The SMILES string of the molecule is C=CC(C)Nc1ccc(Br)cc1F. The summed E-state index contributed by atoms with van der Waals surface area (Å²) in [6.07, 6.45) is 1.72. The van der Waals surface area contributed by atoms with Gasteiger partial charge in [0.2, 0.25) is 0 Å². The molecule has 0 saturated carbocycles. The van der Waals surface area contributed by atoms with Crippen LogP contribution in [0.3, 0.4) is 0 Å². The van der Waals surface area contributed by atoms with Gasteiger partial charge in [-0.15, -0.1) is 6.58 Å². The molecule has 0 aliphatic rings. The quantitative estimate of drug-likeness (QED) is 0.801. The minimum atomic E-state index is -0.261. The van der Waals surface area contributed by atoms with Crippen LogP contribution in [-0.2, 0) is 0 Å². The Morgan fingerprint density at radius 3 is 2.85 bits per heavy atom. The van der Waals surface area contributed by atoms with Crippen molar-refractivity contribution in [3.8, 4) is 0 Å². The largest absolute Gasteiger partial charge is 0.377 e. The summed E-state index contributed by atoms with van der Waals surface area (Å²) in [5.74, 6) is -0.261. The monoisotopic (exact) mass is 243 g/mol. The van der Waals surface area contributed by atoms with Crippen molar-refractivity contribution in [2.75, 3.05) is 5.32 Å². The van der Waals surface area contributed by atoms with Gasteiger partial charge in [0.1, 0.15) is 5.82 Å². The van der Waals surface area contributed by atoms with Crippen molar-refractivity contribution in [3.05, 3.63) is 41.1 Å². The molecule has 0 amide bonds. The van der Waals surface area contributed by atoms with Crippen LogP contribution in [0.1, 0.15) is 6.92 Å². The molecule has 0 aliphatic heterocycles. The third-order valence-electron chi connectivity index (χ3n) is 1.67. The molecule has 1 nitrogen and oxygen atoms in total. The first-order valence-corrected chi connectivity index (χ1v) is 4.77. The van der Waals surface area contributed by atoms with Crippen LogP contribution >= 0.6 is 15.9 Å². The predicted octanol–water partition coefficient (Wildman–Crippen LogP) is 3.57. The lowest BCUT2D eigenvalue weighted by Gasteiger charge is -2.11. The summed E-state index contributed by atoms with van der Waals surface area (Å²) in [7, 11) is 0. The molecule has 70 valence electrons. The van der Waals surface area contributed by atoms with Gasteiger partial charge in [0.25, 0.3) is 0 Å². The Labute approximate surface area is 85.8 Å². The van der Waals surface area contributed by atoms with Crippen molar-refractivity contribution in [3.63, 3.8) is 0 Å². The van der Waals surface area contributed by atoms with Gasteiger partial charge >= 0.3 is 0 Å². The second-order valence-corrected chi connectivity index (χ2v) is 3.71. The van der Waals surface area contributed by atoms with Crippen molar-refractivity contribution in [2.45, 2.75) is 13.0 Å². The highest BCUT2D eigenvalue weighted by molar-refractivity contribution is 9.10. The van der Waals surface area contributed by atoms with Crippen molar-refractivity contribution < 1.29 is 4.39 Å². The molecule has 0 fully saturated rings. The van der Waals surface area contributed by atoms with Crippen molar-refractivity contribution in [1.82, 2.24) is 0 Å². The zero-order valence-electron chi connectivity index (χ0n) is 7.35. The van der Waals surface area contributed by atoms with Crippen LogP contribution < -0.4 is 5.32 Å². The first-order chi connectivity index (χ1) is 6.13. The van der Waals surface area contributed by atoms with Crippen LogP contribution in [-0.4, -0.2) is 6.04 Å². The van der Waals surface area contributed by atoms with Crippen LogP contribution in [0.5, 0.6) is 0 Å². The van der Waals surface area contributed by atoms with Gasteiger partial charge < -0.3 is 5.32 Å². The van der Waals surface area contributed by atoms with E-state index in [4.69, 9.17) is 0 Å². The van der Waals surface area contributed by atoms with Crippen LogP contribution in [0, 0.1) is 5.82 Å². The second kappa shape index (κ2) is 4.42. The highest BCUT2D eigenvalue weighted by atomic mass is 79.9. The molecule has 0 saturated heterocycles. The molecule has 3 heteroatoms. The molecule has 1 unspecified atom stereocenters. The summed E-state index contributed by atoms with van der Waals surface area (Å²) in [5.41, 5.74) is 0.496. The van der Waals surface area contributed by atoms with Crippen molar-refractivity contribution in [1.29, 1.82) is 0 Å². The van der Waals surface area contributed by atoms with E-state index in [0.29, 0.717) is 5.69 Å². The normalized spacial score (nSPS) is 12.2. The average Bonchev–Trinajstić information content (AvgIpc) is 2.09. The number of halogens is 2. The molecule has 0 spiro atoms. The van der Waals surface area contributed by atoms with Gasteiger partial charge in [-0.3, -0.25) is 0 Å². The van der Waals surface area contributed by atoms with Gasteiger partial charge in [0.05, 0.1) is 5.69 Å². The van der Waals surface area contributed by atoms with E-state index in [1.807, 2.05) is 6.92 Å². The minimum absolute atomic E-state index is 0.0654. The molecule has 0 heterocycles. The lowest BCUT2D eigenvalue weighted by atomic mass is 10.2. The Kier molecular flexibility index (Phi) is 3.48. The van der Waals surface area contributed by atoms with E-state index in [9.17, 15) is 4.39 Å². The fourth-order valence-electron chi connectivity index (χ4n) is 0.911. The first kappa shape index (κ1) is 10.3. The van der Waals surface area contributed by atoms with E-state index in [-0.39, 0.29) is 11.9 Å². The van der Waals surface area contributed by atoms with Crippen LogP contribution in [0.2, 0.25) is 0 Å². The minimum Gasteiger partial charge on any atom is -0.377 e. The smallest absolute Gasteiger partial charge is 0.147 e. The molecule has 0 radical (unpaired) electrons. The molecule has 1 aromatic rings. The van der Waals surface area contributed by atoms with E-state index in [1.54, 1.807) is 18.2 Å². The number of hydrogen-bond acceptors (Lipinski definition) is 1. The van der Waals surface area contributed by atoms with Crippen molar-refractivity contribution in [2.24, 2.45) is 0 Å². The van der Waals surface area contributed by atoms with Gasteiger partial charge in [0, 0.05) is 10.5 Å². The van der Waals surface area contributed by atoms with E-state index < -0.39 is 0 Å². The number of benzene rings is 1. The Morgan fingerprint density at radius 2 is 2.31 bits per heavy atom. The summed E-state index contributed by atoms with van der Waals surface area (Å²) in [5, 5.41) is 2.97. The predicted molar refractivity (Wildman–Crippen MR) is 57.4 cm³/mol. The zero-order valence-corrected chi connectivity index (χ0v) is 8.94. The first-order valence-electron chi connectivity index (χ1n) is 3.97. The molecule has 1 rings (SSSR count). The van der Waals surface area contributed by atoms with E-state index in [0.717, 1.165) is 4.47 Å². The zero-order chi connectivity index (χ0) is 9.84. The van der Waals surface area contributed by atoms with Crippen LogP contribution in [0.25, 0.3) is 0 Å². The highest BCUT2D eigenvalue weighted by Crippen LogP contribution is 2.19. The molecular formula is C10H11BrFN. The van der Waals surface area contributed by atoms with Gasteiger partial charge in [-0.05, 0) is 25.1 Å². The van der Waals surface area contributed by atoms with E-state index in [2.05, 4.69) is 27.8 Å². The summed E-state index contributed by atoms with van der Waals surface area (Å²) < 4.78 is 14.0. The van der Waals surface area contributed by atoms with Gasteiger partial charge in [-0.1, -0.05) is 22.0 Å². The Morgan fingerprint density at radius 1 is 1.62 bits per heavy atom. The maximum Gasteiger partial charge on any atom is 0.147 e. The number of anilines is 1. The summed E-state index contributed by atoms with van der Waals surface area (Å²) in [6.45, 7) is 5.52. The number of hydrogen-bond donors (Lipinski definition) is 1. The third-order valence-corrected chi connectivity index (χ3v) is 2.16. The number of rotatable bonds is 3. The average molecular weight is 244 g/mol. The molecule has 0 aliphatic carbocycles. The molecule has 0 aromatic heterocycles. The lowest BCUT2D eigenvalue weighted by molar-refractivity contribution is 0.628. The Hall–Kier alpha value is -0.830. The van der Waals surface area contributed by atoms with Crippen molar-refractivity contribution >= 4 is 21.6 Å². The standard InChI is InChI=1S/C10H11BrFN/c1-3-7(2)13-10-5-4-8(11)6-9(10)12/h3-7,13H,1H2,2H3. The fraction of sp³-hybridized carbons (Fsp3) is 0.200. The maximum atomic E-state index is 13.2. The molecule has 1 atom stereocenters. The van der Waals surface area contributed by atoms with Gasteiger partial charge in [0.15, 0.2) is 0 Å². The topological polar surface area (TPSA) is 12.0 Å². The fourth-order valence-corrected chi connectivity index (χ4v) is 1.24. The third kappa shape index (κ3) is 2.84. The van der Waals surface area contributed by atoms with Crippen LogP contribution in [0.15, 0.2) is 35.3 Å². The molecule has 0 bridgehead atoms. The molecule has 13 heavy (non-hydrogen) atoms. The van der Waals surface area contributed by atoms with E-state index in [1.165, 1.54) is 6.07 Å². The summed E-state index contributed by atoms with van der Waals surface area (Å²) >= 11 is 3.19. The maximum absolute atomic E-state index is 13.2. The summed E-state index contributed by atoms with van der Waals surface area (Å²) in [6, 6.07) is 4.98. The van der Waals surface area contributed by atoms with Gasteiger partial charge in [-0.2, -0.15) is 0 Å². The van der Waals surface area contributed by atoms with Gasteiger partial charge in [-0.25, -0.2) is 4.39 Å². The second-order valence-electron chi connectivity index (χ2n) is 2.79. The molecule has 1 aromatic carbocycles. The Balaban J connectivity index is 2.83.